The lowest BCUT2D eigenvalue weighted by Crippen LogP contribution is -2.23. The smallest absolute Gasteiger partial charge is 0.247 e. The second kappa shape index (κ2) is 11.8. The summed E-state index contributed by atoms with van der Waals surface area (Å²) in [7, 11) is 0. The molecule has 2 heterocycles. The van der Waals surface area contributed by atoms with Gasteiger partial charge in [-0.25, -0.2) is 9.50 Å². The highest BCUT2D eigenvalue weighted by Crippen LogP contribution is 2.29. The van der Waals surface area contributed by atoms with E-state index in [9.17, 15) is 4.79 Å². The second-order valence-electron chi connectivity index (χ2n) is 9.08. The van der Waals surface area contributed by atoms with E-state index in [0.717, 1.165) is 51.0 Å². The lowest BCUT2D eigenvalue weighted by atomic mass is 10.0. The number of rotatable bonds is 8. The standard InChI is InChI=1S/C31H26BrClN4O/c1-21(16-22-8-3-2-4-9-22)31(38)34-19-24-11-7-10-23(17-24)14-15-25-18-29(26-12-5-6-13-28(26)33)36-30-27(32)20-35-37(25)30/h2-13,16-18,20H,14-15,19H2,1H3,(H,34,38)/b21-16+. The number of fused-ring (bicyclic) bond motifs is 1. The van der Waals surface area contributed by atoms with Crippen LogP contribution in [0.2, 0.25) is 5.02 Å². The third-order valence-corrected chi connectivity index (χ3v) is 7.20. The van der Waals surface area contributed by atoms with Crippen LogP contribution in [0, 0.1) is 0 Å². The fourth-order valence-electron chi connectivity index (χ4n) is 4.34. The van der Waals surface area contributed by atoms with Gasteiger partial charge in [0.1, 0.15) is 0 Å². The SMILES string of the molecule is C/C(=C\c1ccccc1)C(=O)NCc1cccc(CCc2cc(-c3ccccc3Cl)nc3c(Br)cnn23)c1. The Morgan fingerprint density at radius 2 is 1.74 bits per heavy atom. The van der Waals surface area contributed by atoms with E-state index in [4.69, 9.17) is 16.6 Å². The van der Waals surface area contributed by atoms with Crippen LogP contribution >= 0.6 is 27.5 Å². The Balaban J connectivity index is 1.29. The lowest BCUT2D eigenvalue weighted by molar-refractivity contribution is -0.117. The summed E-state index contributed by atoms with van der Waals surface area (Å²) in [4.78, 5) is 17.4. The van der Waals surface area contributed by atoms with Gasteiger partial charge in [-0.1, -0.05) is 84.4 Å². The van der Waals surface area contributed by atoms with E-state index in [1.165, 1.54) is 5.56 Å². The monoisotopic (exact) mass is 584 g/mol. The lowest BCUT2D eigenvalue weighted by Gasteiger charge is -2.11. The molecule has 3 aromatic carbocycles. The molecule has 0 fully saturated rings. The number of hydrogen-bond donors (Lipinski definition) is 1. The minimum absolute atomic E-state index is 0.0743. The van der Waals surface area contributed by atoms with Gasteiger partial charge in [0.25, 0.3) is 0 Å². The largest absolute Gasteiger partial charge is 0.348 e. The number of carbonyl (C=O) groups excluding carboxylic acids is 1. The zero-order valence-corrected chi connectivity index (χ0v) is 23.2. The van der Waals surface area contributed by atoms with Crippen molar-refractivity contribution in [2.24, 2.45) is 0 Å². The maximum Gasteiger partial charge on any atom is 0.247 e. The molecule has 0 spiro atoms. The predicted octanol–water partition coefficient (Wildman–Crippen LogP) is 7.32. The highest BCUT2D eigenvalue weighted by Gasteiger charge is 2.13. The van der Waals surface area contributed by atoms with E-state index >= 15 is 0 Å². The van der Waals surface area contributed by atoms with Crippen LogP contribution in [0.3, 0.4) is 0 Å². The number of carbonyl (C=O) groups is 1. The fraction of sp³-hybridized carbons (Fsp3) is 0.129. The van der Waals surface area contributed by atoms with Crippen LogP contribution in [0.25, 0.3) is 23.0 Å². The van der Waals surface area contributed by atoms with Crippen molar-refractivity contribution in [1.82, 2.24) is 19.9 Å². The van der Waals surface area contributed by atoms with Crippen LogP contribution in [0.5, 0.6) is 0 Å². The van der Waals surface area contributed by atoms with Gasteiger partial charge >= 0.3 is 0 Å². The molecule has 0 unspecified atom stereocenters. The molecule has 0 radical (unpaired) electrons. The molecule has 0 saturated heterocycles. The number of nitrogens with zero attached hydrogens (tertiary/aromatic N) is 3. The first-order valence-electron chi connectivity index (χ1n) is 12.4. The van der Waals surface area contributed by atoms with Crippen LogP contribution in [-0.2, 0) is 24.2 Å². The summed E-state index contributed by atoms with van der Waals surface area (Å²) in [5.41, 5.74) is 7.42. The molecule has 0 aliphatic carbocycles. The van der Waals surface area contributed by atoms with Gasteiger partial charge in [0.2, 0.25) is 5.91 Å². The van der Waals surface area contributed by atoms with Gasteiger partial charge in [-0.15, -0.1) is 0 Å². The Hall–Kier alpha value is -3.74. The third kappa shape index (κ3) is 6.04. The first-order chi connectivity index (χ1) is 18.5. The fourth-order valence-corrected chi connectivity index (χ4v) is 4.92. The van der Waals surface area contributed by atoms with E-state index < -0.39 is 0 Å². The summed E-state index contributed by atoms with van der Waals surface area (Å²) in [6.07, 6.45) is 5.23. The van der Waals surface area contributed by atoms with Crippen molar-refractivity contribution in [2.75, 3.05) is 0 Å². The minimum atomic E-state index is -0.0743. The molecule has 0 aliphatic rings. The van der Waals surface area contributed by atoms with Crippen molar-refractivity contribution in [2.45, 2.75) is 26.3 Å². The molecule has 0 atom stereocenters. The number of benzene rings is 3. The number of nitrogens with one attached hydrogen (secondary N) is 1. The summed E-state index contributed by atoms with van der Waals surface area (Å²) >= 11 is 10.0. The molecule has 0 saturated carbocycles. The minimum Gasteiger partial charge on any atom is -0.348 e. The maximum absolute atomic E-state index is 12.6. The van der Waals surface area contributed by atoms with Gasteiger partial charge in [-0.05, 0) is 70.6 Å². The third-order valence-electron chi connectivity index (χ3n) is 6.31. The van der Waals surface area contributed by atoms with Gasteiger partial charge in [-0.2, -0.15) is 5.10 Å². The van der Waals surface area contributed by atoms with Crippen molar-refractivity contribution >= 4 is 45.2 Å². The average Bonchev–Trinajstić information content (AvgIpc) is 3.32. The molecule has 190 valence electrons. The molecule has 0 bridgehead atoms. The van der Waals surface area contributed by atoms with Gasteiger partial charge in [-0.3, -0.25) is 4.79 Å². The van der Waals surface area contributed by atoms with Crippen molar-refractivity contribution < 1.29 is 4.79 Å². The van der Waals surface area contributed by atoms with Gasteiger partial charge in [0.05, 0.1) is 16.4 Å². The zero-order chi connectivity index (χ0) is 26.5. The van der Waals surface area contributed by atoms with Crippen molar-refractivity contribution in [3.63, 3.8) is 0 Å². The average molecular weight is 586 g/mol. The maximum atomic E-state index is 12.6. The Labute approximate surface area is 235 Å². The van der Waals surface area contributed by atoms with Gasteiger partial charge in [0, 0.05) is 28.4 Å². The topological polar surface area (TPSA) is 59.3 Å². The van der Waals surface area contributed by atoms with E-state index in [1.807, 2.05) is 84.2 Å². The molecule has 0 aliphatic heterocycles. The van der Waals surface area contributed by atoms with E-state index in [1.54, 1.807) is 6.20 Å². The van der Waals surface area contributed by atoms with Crippen molar-refractivity contribution in [3.05, 3.63) is 129 Å². The molecule has 5 aromatic rings. The molecular formula is C31H26BrClN4O. The first-order valence-corrected chi connectivity index (χ1v) is 13.5. The second-order valence-corrected chi connectivity index (χ2v) is 10.3. The molecule has 7 heteroatoms. The number of aryl methyl sites for hydroxylation is 2. The van der Waals surface area contributed by atoms with Crippen molar-refractivity contribution in [3.8, 4) is 11.3 Å². The van der Waals surface area contributed by atoms with Crippen LogP contribution in [0.4, 0.5) is 0 Å². The van der Waals surface area contributed by atoms with E-state index in [0.29, 0.717) is 17.1 Å². The number of amides is 1. The Morgan fingerprint density at radius 1 is 0.974 bits per heavy atom. The number of halogens is 2. The van der Waals surface area contributed by atoms with Crippen LogP contribution in [0.1, 0.15) is 29.3 Å². The molecule has 1 amide bonds. The highest BCUT2D eigenvalue weighted by molar-refractivity contribution is 9.10. The van der Waals surface area contributed by atoms with Gasteiger partial charge < -0.3 is 5.32 Å². The Bertz CT molecular complexity index is 1630. The summed E-state index contributed by atoms with van der Waals surface area (Å²) in [5, 5.41) is 8.21. The Morgan fingerprint density at radius 3 is 2.55 bits per heavy atom. The number of aromatic nitrogens is 3. The molecular weight excluding hydrogens is 560 g/mol. The Kier molecular flexibility index (Phi) is 8.01. The predicted molar refractivity (Wildman–Crippen MR) is 157 cm³/mol. The van der Waals surface area contributed by atoms with E-state index in [-0.39, 0.29) is 5.91 Å². The van der Waals surface area contributed by atoms with Crippen LogP contribution < -0.4 is 5.32 Å². The molecule has 5 nitrogen and oxygen atoms in total. The number of hydrogen-bond acceptors (Lipinski definition) is 3. The zero-order valence-electron chi connectivity index (χ0n) is 20.9. The van der Waals surface area contributed by atoms with Crippen LogP contribution in [0.15, 0.2) is 101 Å². The summed E-state index contributed by atoms with van der Waals surface area (Å²) in [5.74, 6) is -0.0743. The van der Waals surface area contributed by atoms with Gasteiger partial charge in [0.15, 0.2) is 5.65 Å². The molecule has 2 aromatic heterocycles. The highest BCUT2D eigenvalue weighted by atomic mass is 79.9. The summed E-state index contributed by atoms with van der Waals surface area (Å²) < 4.78 is 2.71. The molecule has 1 N–H and O–H groups in total. The molecule has 38 heavy (non-hydrogen) atoms. The van der Waals surface area contributed by atoms with E-state index in [2.05, 4.69) is 44.5 Å². The first kappa shape index (κ1) is 25.9. The normalized spacial score (nSPS) is 11.6. The summed E-state index contributed by atoms with van der Waals surface area (Å²) in [6, 6.07) is 27.9. The quantitative estimate of drug-likeness (QED) is 0.194. The van der Waals surface area contributed by atoms with Crippen LogP contribution in [-0.4, -0.2) is 20.5 Å². The summed E-state index contributed by atoms with van der Waals surface area (Å²) in [6.45, 7) is 2.30. The molecule has 5 rings (SSSR count). The van der Waals surface area contributed by atoms with Crippen molar-refractivity contribution in [1.29, 1.82) is 0 Å².